The van der Waals surface area contributed by atoms with Crippen molar-refractivity contribution in [3.63, 3.8) is 0 Å². The maximum Gasteiger partial charge on any atom is 0.420 e. The van der Waals surface area contributed by atoms with Crippen LogP contribution in [0.4, 0.5) is 13.2 Å². The Kier molecular flexibility index (Phi) is 2.46. The van der Waals surface area contributed by atoms with Crippen molar-refractivity contribution >= 4 is 0 Å². The van der Waals surface area contributed by atoms with Crippen molar-refractivity contribution in [3.8, 4) is 11.3 Å². The van der Waals surface area contributed by atoms with Gasteiger partial charge in [-0.05, 0) is 0 Å². The maximum absolute atomic E-state index is 12.7. The van der Waals surface area contributed by atoms with Gasteiger partial charge in [0.1, 0.15) is 5.56 Å². The van der Waals surface area contributed by atoms with Crippen LogP contribution in [0.5, 0.6) is 0 Å². The minimum absolute atomic E-state index is 0.0908. The van der Waals surface area contributed by atoms with Crippen molar-refractivity contribution in [1.82, 2.24) is 9.78 Å². The van der Waals surface area contributed by atoms with Gasteiger partial charge in [0.25, 0.3) is 0 Å². The minimum Gasteiger partial charge on any atom is -0.267 e. The molecule has 0 spiro atoms. The first-order chi connectivity index (χ1) is 7.50. The SMILES string of the molecule is Cn1ncc(C(F)(F)F)c1-c1ccccc1. The number of aryl methyl sites for hydroxylation is 1. The molecule has 0 aliphatic carbocycles. The lowest BCUT2D eigenvalue weighted by molar-refractivity contribution is -0.137. The normalized spacial score (nSPS) is 11.8. The Morgan fingerprint density at radius 3 is 2.31 bits per heavy atom. The predicted molar refractivity (Wildman–Crippen MR) is 53.6 cm³/mol. The summed E-state index contributed by atoms with van der Waals surface area (Å²) in [6.07, 6.45) is -3.53. The second-order valence-electron chi connectivity index (χ2n) is 3.39. The lowest BCUT2D eigenvalue weighted by Gasteiger charge is -2.08. The van der Waals surface area contributed by atoms with E-state index in [1.165, 1.54) is 11.7 Å². The van der Waals surface area contributed by atoms with Gasteiger partial charge in [-0.1, -0.05) is 30.3 Å². The molecule has 0 saturated carbocycles. The van der Waals surface area contributed by atoms with Crippen molar-refractivity contribution in [3.05, 3.63) is 42.1 Å². The van der Waals surface area contributed by atoms with E-state index >= 15 is 0 Å². The largest absolute Gasteiger partial charge is 0.420 e. The number of hydrogen-bond acceptors (Lipinski definition) is 1. The third-order valence-corrected chi connectivity index (χ3v) is 2.29. The van der Waals surface area contributed by atoms with Crippen LogP contribution in [-0.4, -0.2) is 9.78 Å². The van der Waals surface area contributed by atoms with Crippen molar-refractivity contribution in [1.29, 1.82) is 0 Å². The van der Waals surface area contributed by atoms with Gasteiger partial charge in [-0.15, -0.1) is 0 Å². The molecule has 0 unspecified atom stereocenters. The van der Waals surface area contributed by atoms with Crippen LogP contribution in [0.15, 0.2) is 36.5 Å². The molecule has 84 valence electrons. The van der Waals surface area contributed by atoms with E-state index in [0.29, 0.717) is 5.56 Å². The predicted octanol–water partition coefficient (Wildman–Crippen LogP) is 3.11. The van der Waals surface area contributed by atoms with Crippen LogP contribution in [0, 0.1) is 0 Å². The molecule has 2 rings (SSSR count). The summed E-state index contributed by atoms with van der Waals surface area (Å²) in [6.45, 7) is 0. The molecule has 16 heavy (non-hydrogen) atoms. The zero-order valence-electron chi connectivity index (χ0n) is 8.49. The van der Waals surface area contributed by atoms with Crippen LogP contribution in [0.25, 0.3) is 11.3 Å². The van der Waals surface area contributed by atoms with Gasteiger partial charge < -0.3 is 0 Å². The molecule has 0 bridgehead atoms. The van der Waals surface area contributed by atoms with E-state index in [-0.39, 0.29) is 5.69 Å². The molecule has 0 N–H and O–H groups in total. The van der Waals surface area contributed by atoms with Crippen molar-refractivity contribution in [2.45, 2.75) is 6.18 Å². The third-order valence-electron chi connectivity index (χ3n) is 2.29. The Balaban J connectivity index is 2.61. The van der Waals surface area contributed by atoms with Crippen LogP contribution in [0.2, 0.25) is 0 Å². The fourth-order valence-corrected chi connectivity index (χ4v) is 1.58. The van der Waals surface area contributed by atoms with Gasteiger partial charge in [0, 0.05) is 12.6 Å². The van der Waals surface area contributed by atoms with E-state index in [4.69, 9.17) is 0 Å². The van der Waals surface area contributed by atoms with E-state index in [2.05, 4.69) is 5.10 Å². The van der Waals surface area contributed by atoms with Crippen molar-refractivity contribution < 1.29 is 13.2 Å². The van der Waals surface area contributed by atoms with Gasteiger partial charge in [-0.2, -0.15) is 18.3 Å². The number of alkyl halides is 3. The molecule has 5 heteroatoms. The summed E-state index contributed by atoms with van der Waals surface area (Å²) in [6, 6.07) is 8.41. The molecule has 0 fully saturated rings. The molecule has 0 aliphatic rings. The first kappa shape index (κ1) is 10.7. The molecular weight excluding hydrogens is 217 g/mol. The highest BCUT2D eigenvalue weighted by molar-refractivity contribution is 5.63. The first-order valence-corrected chi connectivity index (χ1v) is 4.65. The van der Waals surface area contributed by atoms with Crippen LogP contribution in [0.1, 0.15) is 5.56 Å². The van der Waals surface area contributed by atoms with E-state index < -0.39 is 11.7 Å². The lowest BCUT2D eigenvalue weighted by Crippen LogP contribution is -2.06. The number of aromatic nitrogens is 2. The van der Waals surface area contributed by atoms with E-state index in [9.17, 15) is 13.2 Å². The monoisotopic (exact) mass is 226 g/mol. The van der Waals surface area contributed by atoms with Crippen LogP contribution >= 0.6 is 0 Å². The van der Waals surface area contributed by atoms with E-state index in [0.717, 1.165) is 6.20 Å². The number of rotatable bonds is 1. The van der Waals surface area contributed by atoms with Crippen LogP contribution in [-0.2, 0) is 13.2 Å². The van der Waals surface area contributed by atoms with Crippen molar-refractivity contribution in [2.75, 3.05) is 0 Å². The third kappa shape index (κ3) is 1.80. The molecule has 1 heterocycles. The fraction of sp³-hybridized carbons (Fsp3) is 0.182. The Hall–Kier alpha value is -1.78. The molecule has 0 atom stereocenters. The molecule has 0 amide bonds. The minimum atomic E-state index is -4.38. The number of benzene rings is 1. The van der Waals surface area contributed by atoms with E-state index in [1.54, 1.807) is 30.3 Å². The molecule has 0 saturated heterocycles. The van der Waals surface area contributed by atoms with Crippen molar-refractivity contribution in [2.24, 2.45) is 7.05 Å². The summed E-state index contributed by atoms with van der Waals surface area (Å²) >= 11 is 0. The summed E-state index contributed by atoms with van der Waals surface area (Å²) in [7, 11) is 1.50. The Bertz CT molecular complexity index is 486. The second kappa shape index (κ2) is 3.66. The summed E-state index contributed by atoms with van der Waals surface area (Å²) < 4.78 is 39.3. The van der Waals surface area contributed by atoms with Gasteiger partial charge in [-0.25, -0.2) is 0 Å². The molecule has 2 nitrogen and oxygen atoms in total. The summed E-state index contributed by atoms with van der Waals surface area (Å²) in [5, 5.41) is 3.66. The van der Waals surface area contributed by atoms with Gasteiger partial charge in [0.2, 0.25) is 0 Å². The average molecular weight is 226 g/mol. The number of nitrogens with zero attached hydrogens (tertiary/aromatic N) is 2. The number of halogens is 3. The Morgan fingerprint density at radius 2 is 1.75 bits per heavy atom. The Morgan fingerprint density at radius 1 is 1.12 bits per heavy atom. The molecule has 1 aromatic heterocycles. The van der Waals surface area contributed by atoms with Crippen LogP contribution in [0.3, 0.4) is 0 Å². The summed E-state index contributed by atoms with van der Waals surface area (Å²) in [5.74, 6) is 0. The zero-order valence-corrected chi connectivity index (χ0v) is 8.49. The van der Waals surface area contributed by atoms with Gasteiger partial charge >= 0.3 is 6.18 Å². The molecular formula is C11H9F3N2. The smallest absolute Gasteiger partial charge is 0.267 e. The van der Waals surface area contributed by atoms with Gasteiger partial charge in [0.05, 0.1) is 11.9 Å². The standard InChI is InChI=1S/C11H9F3N2/c1-16-10(8-5-3-2-4-6-8)9(7-15-16)11(12,13)14/h2-7H,1H3. The van der Waals surface area contributed by atoms with E-state index in [1.807, 2.05) is 0 Å². The number of hydrogen-bond donors (Lipinski definition) is 0. The molecule has 0 radical (unpaired) electrons. The topological polar surface area (TPSA) is 17.8 Å². The highest BCUT2D eigenvalue weighted by Gasteiger charge is 2.36. The lowest BCUT2D eigenvalue weighted by atomic mass is 10.1. The highest BCUT2D eigenvalue weighted by atomic mass is 19.4. The zero-order chi connectivity index (χ0) is 11.8. The summed E-state index contributed by atoms with van der Waals surface area (Å²) in [5.41, 5.74) is -0.107. The fourth-order valence-electron chi connectivity index (χ4n) is 1.58. The second-order valence-corrected chi connectivity index (χ2v) is 3.39. The average Bonchev–Trinajstić information content (AvgIpc) is 2.61. The molecule has 0 aliphatic heterocycles. The van der Waals surface area contributed by atoms with Gasteiger partial charge in [0.15, 0.2) is 0 Å². The quantitative estimate of drug-likeness (QED) is 0.730. The Labute approximate surface area is 90.3 Å². The molecule has 2 aromatic rings. The van der Waals surface area contributed by atoms with Gasteiger partial charge in [-0.3, -0.25) is 4.68 Å². The summed E-state index contributed by atoms with van der Waals surface area (Å²) in [4.78, 5) is 0. The molecule has 1 aromatic carbocycles. The first-order valence-electron chi connectivity index (χ1n) is 4.65. The van der Waals surface area contributed by atoms with Crippen LogP contribution < -0.4 is 0 Å². The maximum atomic E-state index is 12.7. The highest BCUT2D eigenvalue weighted by Crippen LogP contribution is 2.36.